The summed E-state index contributed by atoms with van der Waals surface area (Å²) in [6.45, 7) is 8.49. The molecular weight excluding hydrogens is 368 g/mol. The van der Waals surface area contributed by atoms with Crippen LogP contribution in [0, 0.1) is 5.92 Å². The van der Waals surface area contributed by atoms with Gasteiger partial charge in [-0.1, -0.05) is 13.0 Å². The minimum Gasteiger partial charge on any atom is -0.493 e. The zero-order valence-electron chi connectivity index (χ0n) is 18.1. The van der Waals surface area contributed by atoms with E-state index in [1.807, 2.05) is 36.1 Å². The van der Waals surface area contributed by atoms with Crippen molar-refractivity contribution >= 4 is 17.6 Å². The summed E-state index contributed by atoms with van der Waals surface area (Å²) >= 11 is 0. The van der Waals surface area contributed by atoms with Crippen LogP contribution in [0.2, 0.25) is 0 Å². The van der Waals surface area contributed by atoms with Crippen LogP contribution in [-0.4, -0.2) is 63.3 Å². The Labute approximate surface area is 174 Å². The molecule has 1 unspecified atom stereocenters. The number of ether oxygens (including phenoxy) is 2. The van der Waals surface area contributed by atoms with Crippen molar-refractivity contribution in [2.24, 2.45) is 10.9 Å². The van der Waals surface area contributed by atoms with Crippen molar-refractivity contribution in [3.8, 4) is 5.75 Å². The van der Waals surface area contributed by atoms with E-state index in [2.05, 4.69) is 22.5 Å². The van der Waals surface area contributed by atoms with Gasteiger partial charge < -0.3 is 25.0 Å². The number of nitrogens with zero attached hydrogens (tertiary/aromatic N) is 2. The number of likely N-dealkylation sites (tertiary alicyclic amines) is 1. The lowest BCUT2D eigenvalue weighted by atomic mass is 10.00. The summed E-state index contributed by atoms with van der Waals surface area (Å²) in [7, 11) is 1.69. The van der Waals surface area contributed by atoms with Gasteiger partial charge in [0.2, 0.25) is 5.91 Å². The molecule has 162 valence electrons. The number of methoxy groups -OCH3 is 1. The lowest BCUT2D eigenvalue weighted by Gasteiger charge is -2.30. The van der Waals surface area contributed by atoms with E-state index in [1.54, 1.807) is 7.11 Å². The topological polar surface area (TPSA) is 75.2 Å². The van der Waals surface area contributed by atoms with Crippen molar-refractivity contribution in [3.63, 3.8) is 0 Å². The van der Waals surface area contributed by atoms with Crippen LogP contribution in [0.1, 0.15) is 39.5 Å². The molecule has 29 heavy (non-hydrogen) atoms. The highest BCUT2D eigenvalue weighted by Crippen LogP contribution is 2.18. The molecule has 1 fully saturated rings. The normalized spacial score (nSPS) is 17.1. The van der Waals surface area contributed by atoms with Crippen molar-refractivity contribution in [1.29, 1.82) is 0 Å². The van der Waals surface area contributed by atoms with Crippen molar-refractivity contribution in [2.45, 2.75) is 39.5 Å². The van der Waals surface area contributed by atoms with Gasteiger partial charge in [-0.3, -0.25) is 9.79 Å². The summed E-state index contributed by atoms with van der Waals surface area (Å²) in [6.07, 6.45) is 3.60. The predicted octanol–water partition coefficient (Wildman–Crippen LogP) is 3.13. The lowest BCUT2D eigenvalue weighted by molar-refractivity contribution is -0.132. The number of carbonyl (C=O) groups excluding carboxylic acids is 1. The fourth-order valence-electron chi connectivity index (χ4n) is 3.34. The SMILES string of the molecule is CCNC(=NCCC(=O)N1CCCC(C)C1)Nc1cccc(OCCCOC)c1. The van der Waals surface area contributed by atoms with Crippen LogP contribution in [0.25, 0.3) is 0 Å². The summed E-state index contributed by atoms with van der Waals surface area (Å²) in [4.78, 5) is 19.0. The Morgan fingerprint density at radius 3 is 2.97 bits per heavy atom. The quantitative estimate of drug-likeness (QED) is 0.356. The Hall–Kier alpha value is -2.28. The van der Waals surface area contributed by atoms with E-state index in [1.165, 1.54) is 6.42 Å². The number of anilines is 1. The number of amides is 1. The van der Waals surface area contributed by atoms with Crippen LogP contribution >= 0.6 is 0 Å². The smallest absolute Gasteiger partial charge is 0.224 e. The Balaban J connectivity index is 1.85. The molecule has 0 bridgehead atoms. The third-order valence-corrected chi connectivity index (χ3v) is 4.81. The number of piperidine rings is 1. The highest BCUT2D eigenvalue weighted by Gasteiger charge is 2.20. The average molecular weight is 405 g/mol. The Morgan fingerprint density at radius 1 is 1.34 bits per heavy atom. The van der Waals surface area contributed by atoms with Gasteiger partial charge in [0, 0.05) is 57.9 Å². The molecule has 1 aromatic carbocycles. The van der Waals surface area contributed by atoms with Crippen LogP contribution in [0.4, 0.5) is 5.69 Å². The molecular formula is C22H36N4O3. The maximum absolute atomic E-state index is 12.4. The van der Waals surface area contributed by atoms with Gasteiger partial charge in [0.05, 0.1) is 13.2 Å². The van der Waals surface area contributed by atoms with Gasteiger partial charge in [0.1, 0.15) is 5.75 Å². The fourth-order valence-corrected chi connectivity index (χ4v) is 3.34. The number of benzene rings is 1. The number of hydrogen-bond acceptors (Lipinski definition) is 4. The first kappa shape index (κ1) is 23.0. The third-order valence-electron chi connectivity index (χ3n) is 4.81. The molecule has 1 heterocycles. The number of aliphatic imine (C=N–C) groups is 1. The highest BCUT2D eigenvalue weighted by molar-refractivity contribution is 5.93. The van der Waals surface area contributed by atoms with E-state index in [-0.39, 0.29) is 5.91 Å². The maximum atomic E-state index is 12.4. The minimum absolute atomic E-state index is 0.197. The first-order chi connectivity index (χ1) is 14.1. The molecule has 0 saturated carbocycles. The van der Waals surface area contributed by atoms with Gasteiger partial charge in [-0.15, -0.1) is 0 Å². The monoisotopic (exact) mass is 404 g/mol. The van der Waals surface area contributed by atoms with E-state index in [4.69, 9.17) is 9.47 Å². The summed E-state index contributed by atoms with van der Waals surface area (Å²) in [5, 5.41) is 6.52. The second-order valence-corrected chi connectivity index (χ2v) is 7.45. The molecule has 2 N–H and O–H groups in total. The Bertz CT molecular complexity index is 651. The van der Waals surface area contributed by atoms with Crippen molar-refractivity contribution < 1.29 is 14.3 Å². The van der Waals surface area contributed by atoms with Gasteiger partial charge in [0.25, 0.3) is 0 Å². The summed E-state index contributed by atoms with van der Waals surface area (Å²) < 4.78 is 10.8. The lowest BCUT2D eigenvalue weighted by Crippen LogP contribution is -2.39. The van der Waals surface area contributed by atoms with Gasteiger partial charge in [-0.2, -0.15) is 0 Å². The second-order valence-electron chi connectivity index (χ2n) is 7.45. The molecule has 1 amide bonds. The van der Waals surface area contributed by atoms with E-state index >= 15 is 0 Å². The maximum Gasteiger partial charge on any atom is 0.224 e. The molecule has 1 aliphatic rings. The number of hydrogen-bond donors (Lipinski definition) is 2. The first-order valence-corrected chi connectivity index (χ1v) is 10.7. The van der Waals surface area contributed by atoms with Gasteiger partial charge in [-0.25, -0.2) is 0 Å². The predicted molar refractivity (Wildman–Crippen MR) is 118 cm³/mol. The van der Waals surface area contributed by atoms with Crippen molar-refractivity contribution in [3.05, 3.63) is 24.3 Å². The standard InChI is InChI=1S/C22H36N4O3/c1-4-23-22(24-12-11-21(27)26-13-6-8-18(2)17-26)25-19-9-5-10-20(16-19)29-15-7-14-28-3/h5,9-10,16,18H,4,6-8,11-15,17H2,1-3H3,(H2,23,24,25). The van der Waals surface area contributed by atoms with Crippen LogP contribution in [-0.2, 0) is 9.53 Å². The third kappa shape index (κ3) is 8.73. The number of rotatable bonds is 10. The molecule has 2 rings (SSSR count). The fraction of sp³-hybridized carbons (Fsp3) is 0.636. The van der Waals surface area contributed by atoms with Crippen LogP contribution in [0.15, 0.2) is 29.3 Å². The molecule has 1 saturated heterocycles. The van der Waals surface area contributed by atoms with Crippen LogP contribution < -0.4 is 15.4 Å². The summed E-state index contributed by atoms with van der Waals surface area (Å²) in [5.74, 6) is 2.27. The molecule has 7 heteroatoms. The highest BCUT2D eigenvalue weighted by atomic mass is 16.5. The van der Waals surface area contributed by atoms with Crippen LogP contribution in [0.5, 0.6) is 5.75 Å². The first-order valence-electron chi connectivity index (χ1n) is 10.7. The molecule has 0 spiro atoms. The number of guanidine groups is 1. The Morgan fingerprint density at radius 2 is 2.21 bits per heavy atom. The Kier molecular flexibility index (Phi) is 10.3. The zero-order chi connectivity index (χ0) is 20.9. The van der Waals surface area contributed by atoms with E-state index in [0.717, 1.165) is 43.9 Å². The summed E-state index contributed by atoms with van der Waals surface area (Å²) in [6, 6.07) is 7.79. The van der Waals surface area contributed by atoms with Crippen molar-refractivity contribution in [2.75, 3.05) is 51.8 Å². The molecule has 1 aliphatic heterocycles. The molecule has 7 nitrogen and oxygen atoms in total. The molecule has 1 atom stereocenters. The van der Waals surface area contributed by atoms with E-state index in [0.29, 0.717) is 38.1 Å². The number of carbonyl (C=O) groups is 1. The zero-order valence-corrected chi connectivity index (χ0v) is 18.1. The molecule has 1 aromatic rings. The van der Waals surface area contributed by atoms with E-state index in [9.17, 15) is 4.79 Å². The summed E-state index contributed by atoms with van der Waals surface area (Å²) in [5.41, 5.74) is 0.894. The minimum atomic E-state index is 0.197. The number of nitrogens with one attached hydrogen (secondary N) is 2. The molecule has 0 aromatic heterocycles. The van der Waals surface area contributed by atoms with Gasteiger partial charge in [-0.05, 0) is 37.8 Å². The average Bonchev–Trinajstić information content (AvgIpc) is 2.71. The van der Waals surface area contributed by atoms with E-state index < -0.39 is 0 Å². The van der Waals surface area contributed by atoms with Gasteiger partial charge >= 0.3 is 0 Å². The molecule has 0 radical (unpaired) electrons. The van der Waals surface area contributed by atoms with Crippen LogP contribution in [0.3, 0.4) is 0 Å². The van der Waals surface area contributed by atoms with Crippen molar-refractivity contribution in [1.82, 2.24) is 10.2 Å². The largest absolute Gasteiger partial charge is 0.493 e. The van der Waals surface area contributed by atoms with Gasteiger partial charge in [0.15, 0.2) is 5.96 Å². The molecule has 0 aliphatic carbocycles. The second kappa shape index (κ2) is 13.0.